The van der Waals surface area contributed by atoms with Crippen molar-refractivity contribution in [1.29, 1.82) is 0 Å². The number of halogens is 2. The zero-order valence-electron chi connectivity index (χ0n) is 7.24. The van der Waals surface area contributed by atoms with E-state index < -0.39 is 0 Å². The van der Waals surface area contributed by atoms with E-state index in [2.05, 4.69) is 0 Å². The summed E-state index contributed by atoms with van der Waals surface area (Å²) in [6.45, 7) is 0. The van der Waals surface area contributed by atoms with Crippen molar-refractivity contribution in [2.24, 2.45) is 0 Å². The molecule has 0 aliphatic carbocycles. The zero-order chi connectivity index (χ0) is 9.26. The van der Waals surface area contributed by atoms with Gasteiger partial charge in [0.05, 0.1) is 5.00 Å². The molecule has 0 saturated carbocycles. The molecular formula is C10H9ClFNS. The molecule has 1 nitrogen and oxygen atoms in total. The molecule has 1 heterocycles. The number of nitrogen functional groups attached to an aromatic ring is 1. The Morgan fingerprint density at radius 2 is 1.93 bits per heavy atom. The summed E-state index contributed by atoms with van der Waals surface area (Å²) in [5.41, 5.74) is 7.42. The van der Waals surface area contributed by atoms with E-state index in [9.17, 15) is 4.39 Å². The maximum atomic E-state index is 12.8. The van der Waals surface area contributed by atoms with E-state index in [0.717, 1.165) is 16.1 Å². The highest BCUT2D eigenvalue weighted by Crippen LogP contribution is 2.27. The van der Waals surface area contributed by atoms with Gasteiger partial charge in [0, 0.05) is 5.38 Å². The Bertz CT molecular complexity index is 428. The van der Waals surface area contributed by atoms with Gasteiger partial charge in [0.15, 0.2) is 0 Å². The predicted molar refractivity (Wildman–Crippen MR) is 61.4 cm³/mol. The van der Waals surface area contributed by atoms with Crippen molar-refractivity contribution in [3.8, 4) is 11.1 Å². The number of rotatable bonds is 1. The molecular weight excluding hydrogens is 221 g/mol. The lowest BCUT2D eigenvalue weighted by Crippen LogP contribution is -1.77. The van der Waals surface area contributed by atoms with Gasteiger partial charge in [-0.25, -0.2) is 4.39 Å². The molecule has 0 spiro atoms. The van der Waals surface area contributed by atoms with Crippen LogP contribution >= 0.6 is 23.7 Å². The second-order valence-corrected chi connectivity index (χ2v) is 3.69. The molecule has 0 saturated heterocycles. The molecule has 4 heteroatoms. The van der Waals surface area contributed by atoms with Crippen molar-refractivity contribution in [1.82, 2.24) is 0 Å². The molecule has 1 aromatic heterocycles. The Morgan fingerprint density at radius 3 is 2.50 bits per heavy atom. The third-order valence-corrected chi connectivity index (χ3v) is 2.54. The average Bonchev–Trinajstić information content (AvgIpc) is 2.52. The van der Waals surface area contributed by atoms with Crippen LogP contribution in [0, 0.1) is 5.82 Å². The summed E-state index contributed by atoms with van der Waals surface area (Å²) < 4.78 is 12.8. The second kappa shape index (κ2) is 4.44. The Balaban J connectivity index is 0.000000980. The Labute approximate surface area is 91.8 Å². The van der Waals surface area contributed by atoms with Crippen LogP contribution in [0.3, 0.4) is 0 Å². The quantitative estimate of drug-likeness (QED) is 0.795. The Morgan fingerprint density at radius 1 is 1.14 bits per heavy atom. The van der Waals surface area contributed by atoms with Crippen LogP contribution in [-0.2, 0) is 0 Å². The van der Waals surface area contributed by atoms with Crippen LogP contribution in [0.15, 0.2) is 35.7 Å². The molecule has 0 atom stereocenters. The summed E-state index contributed by atoms with van der Waals surface area (Å²) in [6, 6.07) is 8.34. The maximum Gasteiger partial charge on any atom is 0.123 e. The van der Waals surface area contributed by atoms with E-state index in [1.165, 1.54) is 23.5 Å². The number of hydrogen-bond acceptors (Lipinski definition) is 2. The smallest absolute Gasteiger partial charge is 0.123 e. The van der Waals surface area contributed by atoms with Crippen LogP contribution in [0.1, 0.15) is 0 Å². The van der Waals surface area contributed by atoms with Gasteiger partial charge in [0.1, 0.15) is 5.82 Å². The van der Waals surface area contributed by atoms with Crippen LogP contribution in [0.25, 0.3) is 11.1 Å². The topological polar surface area (TPSA) is 26.0 Å². The highest BCUT2D eigenvalue weighted by Gasteiger charge is 2.00. The van der Waals surface area contributed by atoms with Gasteiger partial charge in [-0.15, -0.1) is 23.7 Å². The number of thiophene rings is 1. The van der Waals surface area contributed by atoms with Crippen LogP contribution < -0.4 is 5.73 Å². The number of anilines is 1. The van der Waals surface area contributed by atoms with E-state index in [4.69, 9.17) is 5.73 Å². The highest BCUT2D eigenvalue weighted by atomic mass is 35.5. The van der Waals surface area contributed by atoms with E-state index in [0.29, 0.717) is 0 Å². The van der Waals surface area contributed by atoms with Crippen molar-refractivity contribution in [3.05, 3.63) is 41.5 Å². The molecule has 0 amide bonds. The monoisotopic (exact) mass is 229 g/mol. The van der Waals surface area contributed by atoms with Gasteiger partial charge in [-0.2, -0.15) is 0 Å². The van der Waals surface area contributed by atoms with E-state index >= 15 is 0 Å². The molecule has 2 aromatic rings. The zero-order valence-corrected chi connectivity index (χ0v) is 8.87. The molecule has 0 fully saturated rings. The molecule has 14 heavy (non-hydrogen) atoms. The first-order valence-corrected chi connectivity index (χ1v) is 4.73. The lowest BCUT2D eigenvalue weighted by atomic mass is 10.1. The molecule has 0 aliphatic heterocycles. The fraction of sp³-hybridized carbons (Fsp3) is 0. The molecule has 0 radical (unpaired) electrons. The summed E-state index contributed by atoms with van der Waals surface area (Å²) in [4.78, 5) is 0. The van der Waals surface area contributed by atoms with E-state index in [1.54, 1.807) is 6.07 Å². The van der Waals surface area contributed by atoms with E-state index in [1.807, 2.05) is 17.5 Å². The first-order valence-electron chi connectivity index (χ1n) is 3.85. The van der Waals surface area contributed by atoms with Crippen molar-refractivity contribution < 1.29 is 4.39 Å². The summed E-state index contributed by atoms with van der Waals surface area (Å²) in [6.07, 6.45) is 0. The number of benzene rings is 1. The van der Waals surface area contributed by atoms with E-state index in [-0.39, 0.29) is 18.2 Å². The van der Waals surface area contributed by atoms with Crippen LogP contribution in [0.4, 0.5) is 9.39 Å². The largest absolute Gasteiger partial charge is 0.391 e. The summed E-state index contributed by atoms with van der Waals surface area (Å²) >= 11 is 1.46. The third-order valence-electron chi connectivity index (χ3n) is 1.78. The average molecular weight is 230 g/mol. The van der Waals surface area contributed by atoms with Crippen molar-refractivity contribution in [2.45, 2.75) is 0 Å². The van der Waals surface area contributed by atoms with Crippen LogP contribution in [-0.4, -0.2) is 0 Å². The molecule has 0 unspecified atom stereocenters. The first-order chi connectivity index (χ1) is 6.25. The molecule has 0 aliphatic rings. The maximum absolute atomic E-state index is 12.8. The predicted octanol–water partition coefficient (Wildman–Crippen LogP) is 3.56. The van der Waals surface area contributed by atoms with Crippen molar-refractivity contribution in [3.63, 3.8) is 0 Å². The minimum Gasteiger partial charge on any atom is -0.391 e. The van der Waals surface area contributed by atoms with Gasteiger partial charge in [0.25, 0.3) is 0 Å². The summed E-state index contributed by atoms with van der Waals surface area (Å²) in [5, 5.41) is 2.67. The molecule has 74 valence electrons. The minimum atomic E-state index is -0.220. The van der Waals surface area contributed by atoms with Gasteiger partial charge >= 0.3 is 0 Å². The summed E-state index contributed by atoms with van der Waals surface area (Å²) in [5.74, 6) is -0.220. The van der Waals surface area contributed by atoms with Gasteiger partial charge < -0.3 is 5.73 Å². The second-order valence-electron chi connectivity index (χ2n) is 2.75. The Kier molecular flexibility index (Phi) is 3.49. The van der Waals surface area contributed by atoms with Gasteiger partial charge in [-0.05, 0) is 29.3 Å². The number of nitrogens with two attached hydrogens (primary N) is 1. The Hall–Kier alpha value is -1.06. The van der Waals surface area contributed by atoms with Crippen LogP contribution in [0.5, 0.6) is 0 Å². The van der Waals surface area contributed by atoms with Gasteiger partial charge in [-0.3, -0.25) is 0 Å². The molecule has 2 N–H and O–H groups in total. The standard InChI is InChI=1S/C10H8FNS.ClH/c11-9-3-1-2-7(4-9)8-5-10(12)13-6-8;/h1-6H,12H2;1H. The van der Waals surface area contributed by atoms with Crippen molar-refractivity contribution in [2.75, 3.05) is 5.73 Å². The van der Waals surface area contributed by atoms with Crippen molar-refractivity contribution >= 4 is 28.7 Å². The third kappa shape index (κ3) is 2.25. The van der Waals surface area contributed by atoms with Gasteiger partial charge in [0.2, 0.25) is 0 Å². The minimum absolute atomic E-state index is 0. The summed E-state index contributed by atoms with van der Waals surface area (Å²) in [7, 11) is 0. The molecule has 1 aromatic carbocycles. The first kappa shape index (κ1) is 11.0. The normalized spacial score (nSPS) is 9.50. The van der Waals surface area contributed by atoms with Crippen LogP contribution in [0.2, 0.25) is 0 Å². The SMILES string of the molecule is Cl.Nc1cc(-c2cccc(F)c2)cs1. The fourth-order valence-electron chi connectivity index (χ4n) is 1.17. The number of hydrogen-bond donors (Lipinski definition) is 1. The van der Waals surface area contributed by atoms with Gasteiger partial charge in [-0.1, -0.05) is 12.1 Å². The lowest BCUT2D eigenvalue weighted by Gasteiger charge is -1.96. The highest BCUT2D eigenvalue weighted by molar-refractivity contribution is 7.14. The molecule has 0 bridgehead atoms. The fourth-order valence-corrected chi connectivity index (χ4v) is 1.83. The lowest BCUT2D eigenvalue weighted by molar-refractivity contribution is 0.628. The molecule has 2 rings (SSSR count).